The SMILES string of the molecule is COCCCn1c(C)cc(C(=O)CSc2nnc(-c3ccoc3C)n2Cc2ccccc2)c1C. The second-order valence-electron chi connectivity index (χ2n) is 8.26. The Morgan fingerprint density at radius 2 is 1.88 bits per heavy atom. The molecule has 0 aliphatic heterocycles. The van der Waals surface area contributed by atoms with Gasteiger partial charge in [-0.15, -0.1) is 10.2 Å². The van der Waals surface area contributed by atoms with Crippen molar-refractivity contribution in [2.45, 2.75) is 45.4 Å². The van der Waals surface area contributed by atoms with Gasteiger partial charge in [-0.05, 0) is 44.9 Å². The maximum atomic E-state index is 13.2. The molecule has 0 radical (unpaired) electrons. The molecule has 4 rings (SSSR count). The van der Waals surface area contributed by atoms with Crippen LogP contribution in [-0.4, -0.2) is 44.6 Å². The molecule has 178 valence electrons. The first-order chi connectivity index (χ1) is 16.5. The molecule has 0 aliphatic rings. The molecule has 1 aromatic carbocycles. The van der Waals surface area contributed by atoms with E-state index in [1.54, 1.807) is 13.4 Å². The zero-order valence-electron chi connectivity index (χ0n) is 20.1. The largest absolute Gasteiger partial charge is 0.469 e. The van der Waals surface area contributed by atoms with Crippen LogP contribution in [0.25, 0.3) is 11.4 Å². The molecule has 7 nitrogen and oxygen atoms in total. The molecule has 3 heterocycles. The molecule has 0 amide bonds. The van der Waals surface area contributed by atoms with E-state index >= 15 is 0 Å². The molecular formula is C26H30N4O3S. The molecule has 0 saturated carbocycles. The van der Waals surface area contributed by atoms with Crippen LogP contribution in [0.1, 0.15) is 39.5 Å². The number of ether oxygens (including phenoxy) is 1. The van der Waals surface area contributed by atoms with Gasteiger partial charge < -0.3 is 13.7 Å². The highest BCUT2D eigenvalue weighted by molar-refractivity contribution is 7.99. The summed E-state index contributed by atoms with van der Waals surface area (Å²) >= 11 is 1.42. The van der Waals surface area contributed by atoms with E-state index in [9.17, 15) is 4.79 Å². The summed E-state index contributed by atoms with van der Waals surface area (Å²) in [5.41, 5.74) is 4.90. The highest BCUT2D eigenvalue weighted by Gasteiger charge is 2.21. The van der Waals surface area contributed by atoms with E-state index in [-0.39, 0.29) is 5.78 Å². The Balaban J connectivity index is 1.55. The van der Waals surface area contributed by atoms with Gasteiger partial charge >= 0.3 is 0 Å². The number of aryl methyl sites for hydroxylation is 2. The van der Waals surface area contributed by atoms with E-state index in [0.29, 0.717) is 24.1 Å². The first-order valence-corrected chi connectivity index (χ1v) is 12.3. The Morgan fingerprint density at radius 3 is 2.59 bits per heavy atom. The topological polar surface area (TPSA) is 75.1 Å². The van der Waals surface area contributed by atoms with Crippen molar-refractivity contribution in [1.29, 1.82) is 0 Å². The molecular weight excluding hydrogens is 448 g/mol. The minimum Gasteiger partial charge on any atom is -0.469 e. The van der Waals surface area contributed by atoms with Crippen LogP contribution in [-0.2, 0) is 17.8 Å². The van der Waals surface area contributed by atoms with Crippen LogP contribution in [0, 0.1) is 20.8 Å². The summed E-state index contributed by atoms with van der Waals surface area (Å²) in [7, 11) is 1.71. The van der Waals surface area contributed by atoms with Crippen molar-refractivity contribution in [3.63, 3.8) is 0 Å². The molecule has 0 N–H and O–H groups in total. The molecule has 0 spiro atoms. The zero-order chi connectivity index (χ0) is 24.1. The van der Waals surface area contributed by atoms with Crippen molar-refractivity contribution in [3.8, 4) is 11.4 Å². The quantitative estimate of drug-likeness (QED) is 0.165. The number of hydrogen-bond donors (Lipinski definition) is 0. The maximum Gasteiger partial charge on any atom is 0.192 e. The number of benzene rings is 1. The van der Waals surface area contributed by atoms with E-state index in [2.05, 4.69) is 31.5 Å². The molecule has 34 heavy (non-hydrogen) atoms. The smallest absolute Gasteiger partial charge is 0.192 e. The summed E-state index contributed by atoms with van der Waals surface area (Å²) in [6.45, 7) is 8.11. The summed E-state index contributed by atoms with van der Waals surface area (Å²) in [6, 6.07) is 14.1. The minimum atomic E-state index is 0.0893. The molecule has 4 aromatic rings. The molecule has 8 heteroatoms. The summed E-state index contributed by atoms with van der Waals surface area (Å²) in [6.07, 6.45) is 2.57. The molecule has 0 fully saturated rings. The van der Waals surface area contributed by atoms with Gasteiger partial charge in [-0.25, -0.2) is 0 Å². The lowest BCUT2D eigenvalue weighted by Crippen LogP contribution is -2.09. The van der Waals surface area contributed by atoms with Crippen LogP contribution in [0.15, 0.2) is 58.3 Å². The standard InChI is InChI=1S/C26H30N4O3S/c1-18-15-23(19(2)29(18)12-8-13-32-4)24(31)17-34-26-28-27-25(22-11-14-33-20(22)3)30(26)16-21-9-6-5-7-10-21/h5-7,9-11,14-15H,8,12-13,16-17H2,1-4H3. The Hall–Kier alpha value is -3.10. The summed E-state index contributed by atoms with van der Waals surface area (Å²) < 4.78 is 14.9. The zero-order valence-corrected chi connectivity index (χ0v) is 20.9. The molecule has 0 bridgehead atoms. The number of aromatic nitrogens is 4. The lowest BCUT2D eigenvalue weighted by atomic mass is 10.2. The lowest BCUT2D eigenvalue weighted by molar-refractivity contribution is 0.102. The molecule has 0 unspecified atom stereocenters. The number of carbonyl (C=O) groups excluding carboxylic acids is 1. The number of methoxy groups -OCH3 is 1. The molecule has 0 aliphatic carbocycles. The fourth-order valence-electron chi connectivity index (χ4n) is 4.12. The average molecular weight is 479 g/mol. The molecule has 3 aromatic heterocycles. The van der Waals surface area contributed by atoms with Gasteiger partial charge in [0.2, 0.25) is 0 Å². The predicted molar refractivity (Wildman–Crippen MR) is 133 cm³/mol. The highest BCUT2D eigenvalue weighted by atomic mass is 32.2. The normalized spacial score (nSPS) is 11.3. The van der Waals surface area contributed by atoms with Gasteiger partial charge in [-0.1, -0.05) is 42.1 Å². The summed E-state index contributed by atoms with van der Waals surface area (Å²) in [5, 5.41) is 9.59. The van der Waals surface area contributed by atoms with Crippen molar-refractivity contribution in [3.05, 3.63) is 77.0 Å². The van der Waals surface area contributed by atoms with Crippen molar-refractivity contribution < 1.29 is 13.9 Å². The third kappa shape index (κ3) is 5.18. The molecule has 0 saturated heterocycles. The van der Waals surface area contributed by atoms with E-state index in [0.717, 1.165) is 52.6 Å². The van der Waals surface area contributed by atoms with Gasteiger partial charge in [0.15, 0.2) is 16.8 Å². The fraction of sp³-hybridized carbons (Fsp3) is 0.346. The third-order valence-corrected chi connectivity index (χ3v) is 6.90. The van der Waals surface area contributed by atoms with E-state index in [1.165, 1.54) is 11.8 Å². The highest BCUT2D eigenvalue weighted by Crippen LogP contribution is 2.29. The second kappa shape index (κ2) is 10.9. The Bertz CT molecular complexity index is 1260. The Labute approximate surface area is 204 Å². The number of carbonyl (C=O) groups is 1. The van der Waals surface area contributed by atoms with E-state index in [4.69, 9.17) is 9.15 Å². The minimum absolute atomic E-state index is 0.0893. The van der Waals surface area contributed by atoms with Crippen LogP contribution in [0.4, 0.5) is 0 Å². The van der Waals surface area contributed by atoms with Crippen LogP contribution >= 0.6 is 11.8 Å². The van der Waals surface area contributed by atoms with Gasteiger partial charge in [0.05, 0.1) is 24.1 Å². The molecule has 0 atom stereocenters. The number of hydrogen-bond acceptors (Lipinski definition) is 6. The predicted octanol–water partition coefficient (Wildman–Crippen LogP) is 5.32. The lowest BCUT2D eigenvalue weighted by Gasteiger charge is -2.10. The monoisotopic (exact) mass is 478 g/mol. The summed E-state index contributed by atoms with van der Waals surface area (Å²) in [4.78, 5) is 13.2. The van der Waals surface area contributed by atoms with Crippen molar-refractivity contribution in [2.75, 3.05) is 19.5 Å². The first kappa shape index (κ1) is 24.0. The van der Waals surface area contributed by atoms with Crippen LogP contribution in [0.2, 0.25) is 0 Å². The number of ketones is 1. The Morgan fingerprint density at radius 1 is 1.09 bits per heavy atom. The first-order valence-electron chi connectivity index (χ1n) is 11.3. The maximum absolute atomic E-state index is 13.2. The number of Topliss-reactive ketones (excluding diaryl/α,β-unsaturated/α-hetero) is 1. The second-order valence-corrected chi connectivity index (χ2v) is 9.21. The fourth-order valence-corrected chi connectivity index (χ4v) is 4.94. The average Bonchev–Trinajstić information content (AvgIpc) is 3.51. The van der Waals surface area contributed by atoms with Gasteiger partial charge in [-0.3, -0.25) is 9.36 Å². The van der Waals surface area contributed by atoms with Crippen molar-refractivity contribution in [2.24, 2.45) is 0 Å². The third-order valence-electron chi connectivity index (χ3n) is 5.94. The van der Waals surface area contributed by atoms with Gasteiger partial charge in [0, 0.05) is 37.2 Å². The van der Waals surface area contributed by atoms with Crippen molar-refractivity contribution >= 4 is 17.5 Å². The number of furan rings is 1. The van der Waals surface area contributed by atoms with E-state index in [1.807, 2.05) is 51.1 Å². The number of rotatable bonds is 11. The van der Waals surface area contributed by atoms with Gasteiger partial charge in [0.25, 0.3) is 0 Å². The van der Waals surface area contributed by atoms with E-state index < -0.39 is 0 Å². The number of thioether (sulfide) groups is 1. The van der Waals surface area contributed by atoms with Crippen molar-refractivity contribution in [1.82, 2.24) is 19.3 Å². The number of nitrogens with zero attached hydrogens (tertiary/aromatic N) is 4. The van der Waals surface area contributed by atoms with Crippen LogP contribution < -0.4 is 0 Å². The van der Waals surface area contributed by atoms with Crippen LogP contribution in [0.5, 0.6) is 0 Å². The van der Waals surface area contributed by atoms with Crippen LogP contribution in [0.3, 0.4) is 0 Å². The Kier molecular flexibility index (Phi) is 7.70. The summed E-state index contributed by atoms with van der Waals surface area (Å²) in [5.74, 6) is 1.91. The van der Waals surface area contributed by atoms with Gasteiger partial charge in [-0.2, -0.15) is 0 Å². The van der Waals surface area contributed by atoms with Gasteiger partial charge in [0.1, 0.15) is 5.76 Å².